The van der Waals surface area contributed by atoms with Gasteiger partial charge in [0.2, 0.25) is 0 Å². The molecule has 0 aromatic heterocycles. The Hall–Kier alpha value is -1.08. The van der Waals surface area contributed by atoms with Crippen molar-refractivity contribution in [3.05, 3.63) is 27.1 Å². The van der Waals surface area contributed by atoms with Crippen molar-refractivity contribution in [2.75, 3.05) is 11.9 Å². The number of carboxylic acid groups (broad SMARTS) is 1. The predicted octanol–water partition coefficient (Wildman–Crippen LogP) is 3.68. The second-order valence-electron chi connectivity index (χ2n) is 4.89. The van der Waals surface area contributed by atoms with Crippen LogP contribution in [0.1, 0.15) is 19.8 Å². The average molecular weight is 406 g/mol. The molecule has 0 spiro atoms. The van der Waals surface area contributed by atoms with Crippen molar-refractivity contribution in [2.24, 2.45) is 0 Å². The van der Waals surface area contributed by atoms with E-state index < -0.39 is 17.5 Å². The zero-order valence-corrected chi connectivity index (χ0v) is 14.0. The highest BCUT2D eigenvalue weighted by atomic mass is 79.9. The fourth-order valence-corrected chi connectivity index (χ4v) is 2.99. The number of hydrogen-bond acceptors (Lipinski definition) is 2. The summed E-state index contributed by atoms with van der Waals surface area (Å²) in [4.78, 5) is 25.1. The molecule has 0 bridgehead atoms. The third-order valence-electron chi connectivity index (χ3n) is 3.52. The van der Waals surface area contributed by atoms with Gasteiger partial charge in [-0.3, -0.25) is 0 Å². The van der Waals surface area contributed by atoms with Crippen LogP contribution in [-0.4, -0.2) is 34.1 Å². The van der Waals surface area contributed by atoms with Crippen LogP contribution >= 0.6 is 31.9 Å². The van der Waals surface area contributed by atoms with Crippen molar-refractivity contribution in [3.8, 4) is 0 Å². The van der Waals surface area contributed by atoms with Gasteiger partial charge in [0.1, 0.15) is 5.54 Å². The van der Waals surface area contributed by atoms with Gasteiger partial charge in [-0.2, -0.15) is 0 Å². The number of nitrogens with one attached hydrogen (secondary N) is 1. The topological polar surface area (TPSA) is 69.6 Å². The molecule has 1 saturated heterocycles. The normalized spacial score (nSPS) is 21.9. The fourth-order valence-electron chi connectivity index (χ4n) is 2.29. The van der Waals surface area contributed by atoms with E-state index in [4.69, 9.17) is 0 Å². The molecule has 7 heteroatoms. The summed E-state index contributed by atoms with van der Waals surface area (Å²) in [6, 6.07) is 5.01. The zero-order valence-electron chi connectivity index (χ0n) is 10.8. The van der Waals surface area contributed by atoms with E-state index in [0.717, 1.165) is 8.95 Å². The van der Waals surface area contributed by atoms with E-state index in [9.17, 15) is 14.7 Å². The number of rotatable bonds is 2. The van der Waals surface area contributed by atoms with Crippen molar-refractivity contribution in [2.45, 2.75) is 25.3 Å². The van der Waals surface area contributed by atoms with Gasteiger partial charge >= 0.3 is 12.0 Å². The van der Waals surface area contributed by atoms with Crippen LogP contribution in [0.3, 0.4) is 0 Å². The van der Waals surface area contributed by atoms with Gasteiger partial charge in [0.25, 0.3) is 0 Å². The van der Waals surface area contributed by atoms with Gasteiger partial charge in [-0.05, 0) is 53.9 Å². The van der Waals surface area contributed by atoms with Gasteiger partial charge < -0.3 is 15.3 Å². The lowest BCUT2D eigenvalue weighted by molar-refractivity contribution is -0.146. The third kappa shape index (κ3) is 2.83. The largest absolute Gasteiger partial charge is 0.480 e. The van der Waals surface area contributed by atoms with Crippen LogP contribution in [0.5, 0.6) is 0 Å². The second-order valence-corrected chi connectivity index (χ2v) is 6.66. The van der Waals surface area contributed by atoms with Crippen LogP contribution < -0.4 is 5.32 Å². The Morgan fingerprint density at radius 3 is 2.75 bits per heavy atom. The summed E-state index contributed by atoms with van der Waals surface area (Å²) in [5, 5.41) is 12.1. The minimum absolute atomic E-state index is 0.397. The van der Waals surface area contributed by atoms with Crippen LogP contribution in [-0.2, 0) is 4.79 Å². The third-order valence-corrected chi connectivity index (χ3v) is 4.70. The number of likely N-dealkylation sites (tertiary alicyclic amines) is 1. The van der Waals surface area contributed by atoms with Crippen molar-refractivity contribution in [3.63, 3.8) is 0 Å². The molecule has 1 aromatic carbocycles. The highest BCUT2D eigenvalue weighted by molar-refractivity contribution is 9.11. The Bertz CT molecular complexity index is 565. The highest BCUT2D eigenvalue weighted by Crippen LogP contribution is 2.31. The fraction of sp³-hybridized carbons (Fsp3) is 0.385. The van der Waals surface area contributed by atoms with Crippen LogP contribution in [0.4, 0.5) is 10.5 Å². The second kappa shape index (κ2) is 5.73. The maximum absolute atomic E-state index is 12.3. The van der Waals surface area contributed by atoms with E-state index in [2.05, 4.69) is 37.2 Å². The molecular weight excluding hydrogens is 392 g/mol. The minimum atomic E-state index is -1.14. The number of halogens is 2. The first-order valence-corrected chi connectivity index (χ1v) is 7.70. The summed E-state index contributed by atoms with van der Waals surface area (Å²) in [5.41, 5.74) is -0.535. The summed E-state index contributed by atoms with van der Waals surface area (Å²) in [6.45, 7) is 2.03. The Labute approximate surface area is 133 Å². The molecule has 20 heavy (non-hydrogen) atoms. The highest BCUT2D eigenvalue weighted by Gasteiger charge is 2.46. The summed E-state index contributed by atoms with van der Waals surface area (Å²) >= 11 is 6.69. The maximum atomic E-state index is 12.3. The van der Waals surface area contributed by atoms with Gasteiger partial charge in [0.05, 0.1) is 5.69 Å². The first-order chi connectivity index (χ1) is 9.34. The zero-order chi connectivity index (χ0) is 14.9. The summed E-state index contributed by atoms with van der Waals surface area (Å²) in [5.74, 6) is -0.974. The van der Waals surface area contributed by atoms with Gasteiger partial charge in [-0.25, -0.2) is 9.59 Å². The maximum Gasteiger partial charge on any atom is 0.329 e. The molecule has 0 saturated carbocycles. The summed E-state index contributed by atoms with van der Waals surface area (Å²) < 4.78 is 1.57. The first kappa shape index (κ1) is 15.3. The van der Waals surface area contributed by atoms with Gasteiger partial charge in [-0.1, -0.05) is 15.9 Å². The molecule has 1 aliphatic rings. The number of carbonyl (C=O) groups excluding carboxylic acids is 1. The molecule has 0 aliphatic carbocycles. The van der Waals surface area contributed by atoms with E-state index in [1.165, 1.54) is 4.90 Å². The number of aliphatic carboxylic acids is 1. The lowest BCUT2D eigenvalue weighted by atomic mass is 10.00. The number of hydrogen-bond donors (Lipinski definition) is 2. The monoisotopic (exact) mass is 404 g/mol. The number of benzene rings is 1. The van der Waals surface area contributed by atoms with Crippen LogP contribution in [0.25, 0.3) is 0 Å². The van der Waals surface area contributed by atoms with Crippen molar-refractivity contribution >= 4 is 49.5 Å². The Morgan fingerprint density at radius 1 is 1.40 bits per heavy atom. The summed E-state index contributed by atoms with van der Waals surface area (Å²) in [7, 11) is 0. The number of anilines is 1. The molecule has 1 heterocycles. The van der Waals surface area contributed by atoms with E-state index in [-0.39, 0.29) is 0 Å². The molecule has 1 fully saturated rings. The molecule has 108 valence electrons. The molecule has 0 radical (unpaired) electrons. The number of carboxylic acids is 1. The molecule has 1 unspecified atom stereocenters. The van der Waals surface area contributed by atoms with Gasteiger partial charge in [-0.15, -0.1) is 0 Å². The van der Waals surface area contributed by atoms with E-state index in [0.29, 0.717) is 25.1 Å². The number of nitrogens with zero attached hydrogens (tertiary/aromatic N) is 1. The first-order valence-electron chi connectivity index (χ1n) is 6.11. The number of carbonyl (C=O) groups is 2. The standard InChI is InChI=1S/C13H14Br2N2O3/c1-13(11(18)19)5-2-6-17(13)12(20)16-10-7-8(14)3-4-9(10)15/h3-4,7H,2,5-6H2,1H3,(H,16,20)(H,18,19). The average Bonchev–Trinajstić information content (AvgIpc) is 2.77. The molecule has 2 rings (SSSR count). The Balaban J connectivity index is 2.20. The minimum Gasteiger partial charge on any atom is -0.480 e. The molecule has 1 aromatic rings. The van der Waals surface area contributed by atoms with Crippen LogP contribution in [0, 0.1) is 0 Å². The summed E-state index contributed by atoms with van der Waals surface area (Å²) in [6.07, 6.45) is 1.16. The molecule has 1 aliphatic heterocycles. The predicted molar refractivity (Wildman–Crippen MR) is 82.8 cm³/mol. The Kier molecular flexibility index (Phi) is 4.39. The Morgan fingerprint density at radius 2 is 2.10 bits per heavy atom. The van der Waals surface area contributed by atoms with E-state index in [1.807, 2.05) is 6.07 Å². The lowest BCUT2D eigenvalue weighted by Gasteiger charge is -2.31. The van der Waals surface area contributed by atoms with Gasteiger partial charge in [0, 0.05) is 15.5 Å². The molecular formula is C13H14Br2N2O3. The van der Waals surface area contributed by atoms with E-state index >= 15 is 0 Å². The number of amides is 2. The van der Waals surface area contributed by atoms with Gasteiger partial charge in [0.15, 0.2) is 0 Å². The number of urea groups is 1. The molecule has 5 nitrogen and oxygen atoms in total. The van der Waals surface area contributed by atoms with Crippen LogP contribution in [0.15, 0.2) is 27.1 Å². The van der Waals surface area contributed by atoms with Crippen molar-refractivity contribution in [1.82, 2.24) is 4.90 Å². The smallest absolute Gasteiger partial charge is 0.329 e. The van der Waals surface area contributed by atoms with Crippen molar-refractivity contribution in [1.29, 1.82) is 0 Å². The van der Waals surface area contributed by atoms with Crippen molar-refractivity contribution < 1.29 is 14.7 Å². The molecule has 2 amide bonds. The van der Waals surface area contributed by atoms with E-state index in [1.54, 1.807) is 19.1 Å². The quantitative estimate of drug-likeness (QED) is 0.788. The lowest BCUT2D eigenvalue weighted by Crippen LogP contribution is -2.52. The molecule has 1 atom stereocenters. The van der Waals surface area contributed by atoms with Crippen LogP contribution in [0.2, 0.25) is 0 Å². The SMILES string of the molecule is CC1(C(=O)O)CCCN1C(=O)Nc1cc(Br)ccc1Br. The molecule has 2 N–H and O–H groups in total.